The largest absolute Gasteiger partial charge is 0.461 e. The molecule has 0 saturated carbocycles. The van der Waals surface area contributed by atoms with Gasteiger partial charge >= 0.3 is 12.0 Å². The van der Waals surface area contributed by atoms with Crippen molar-refractivity contribution in [1.29, 1.82) is 0 Å². The summed E-state index contributed by atoms with van der Waals surface area (Å²) in [6.45, 7) is 4.25. The smallest absolute Gasteiger partial charge is 0.382 e. The summed E-state index contributed by atoms with van der Waals surface area (Å²) < 4.78 is 4.69. The zero-order valence-electron chi connectivity index (χ0n) is 12.2. The minimum atomic E-state index is -1.76. The van der Waals surface area contributed by atoms with E-state index in [-0.39, 0.29) is 6.61 Å². The fourth-order valence-corrected chi connectivity index (χ4v) is 1.80. The van der Waals surface area contributed by atoms with Crippen molar-refractivity contribution in [3.05, 3.63) is 40.4 Å². The number of nitrogens with one attached hydrogen (secondary N) is 1. The summed E-state index contributed by atoms with van der Waals surface area (Å²) in [4.78, 5) is 34.4. The van der Waals surface area contributed by atoms with Crippen LogP contribution in [0.25, 0.3) is 0 Å². The van der Waals surface area contributed by atoms with Gasteiger partial charge in [0.2, 0.25) is 5.91 Å². The standard InChI is InChI=1S/C14H18N2O5/c1-4-21-12(17)11(16(19)20)14(2,3)13(18)15-10-8-6-5-7-9-10/h5-9,11H,4H2,1-3H3,(H,15,18). The third-order valence-electron chi connectivity index (χ3n) is 3.02. The maximum absolute atomic E-state index is 12.3. The van der Waals surface area contributed by atoms with E-state index in [4.69, 9.17) is 4.74 Å². The van der Waals surface area contributed by atoms with Crippen LogP contribution in [0.3, 0.4) is 0 Å². The number of ether oxygens (including phenoxy) is 1. The molecule has 1 rings (SSSR count). The molecule has 0 aliphatic carbocycles. The molecule has 0 aliphatic heterocycles. The minimum absolute atomic E-state index is 0.0135. The van der Waals surface area contributed by atoms with E-state index in [0.717, 1.165) is 0 Å². The van der Waals surface area contributed by atoms with Gasteiger partial charge in [0.15, 0.2) is 0 Å². The molecule has 114 valence electrons. The van der Waals surface area contributed by atoms with E-state index in [1.807, 2.05) is 0 Å². The van der Waals surface area contributed by atoms with Crippen LogP contribution in [0.5, 0.6) is 0 Å². The van der Waals surface area contributed by atoms with E-state index >= 15 is 0 Å². The van der Waals surface area contributed by atoms with E-state index in [0.29, 0.717) is 5.69 Å². The summed E-state index contributed by atoms with van der Waals surface area (Å²) >= 11 is 0. The zero-order valence-corrected chi connectivity index (χ0v) is 12.2. The minimum Gasteiger partial charge on any atom is -0.461 e. The van der Waals surface area contributed by atoms with Gasteiger partial charge in [-0.05, 0) is 32.9 Å². The first kappa shape index (κ1) is 16.6. The predicted molar refractivity (Wildman–Crippen MR) is 76.3 cm³/mol. The van der Waals surface area contributed by atoms with Gasteiger partial charge in [0.25, 0.3) is 0 Å². The molecule has 1 amide bonds. The van der Waals surface area contributed by atoms with E-state index in [9.17, 15) is 19.7 Å². The number of nitro groups is 1. The number of carbonyl (C=O) groups is 2. The van der Waals surface area contributed by atoms with Crippen molar-refractivity contribution in [2.75, 3.05) is 11.9 Å². The molecule has 0 bridgehead atoms. The Morgan fingerprint density at radius 3 is 2.38 bits per heavy atom. The van der Waals surface area contributed by atoms with Gasteiger partial charge in [-0.2, -0.15) is 0 Å². The highest BCUT2D eigenvalue weighted by molar-refractivity contribution is 5.98. The first-order valence-electron chi connectivity index (χ1n) is 6.47. The molecule has 0 aliphatic rings. The molecule has 1 atom stereocenters. The Kier molecular flexibility index (Phi) is 5.40. The Morgan fingerprint density at radius 1 is 1.33 bits per heavy atom. The van der Waals surface area contributed by atoms with Crippen LogP contribution in [0.15, 0.2) is 30.3 Å². The Bertz CT molecular complexity index is 527. The maximum atomic E-state index is 12.3. The summed E-state index contributed by atoms with van der Waals surface area (Å²) in [6.07, 6.45) is 0. The van der Waals surface area contributed by atoms with Crippen molar-refractivity contribution in [2.24, 2.45) is 5.41 Å². The molecule has 0 fully saturated rings. The third-order valence-corrected chi connectivity index (χ3v) is 3.02. The molecule has 1 N–H and O–H groups in total. The average molecular weight is 294 g/mol. The van der Waals surface area contributed by atoms with Crippen molar-refractivity contribution in [1.82, 2.24) is 0 Å². The first-order valence-corrected chi connectivity index (χ1v) is 6.47. The number of amides is 1. The molecule has 0 spiro atoms. The number of hydrogen-bond acceptors (Lipinski definition) is 5. The van der Waals surface area contributed by atoms with Gasteiger partial charge in [-0.25, -0.2) is 4.79 Å². The quantitative estimate of drug-likeness (QED) is 0.490. The number of hydrogen-bond donors (Lipinski definition) is 1. The fraction of sp³-hybridized carbons (Fsp3) is 0.429. The van der Waals surface area contributed by atoms with Crippen LogP contribution in [0, 0.1) is 15.5 Å². The van der Waals surface area contributed by atoms with Gasteiger partial charge in [0.1, 0.15) is 5.41 Å². The second-order valence-corrected chi connectivity index (χ2v) is 4.98. The summed E-state index contributed by atoms with van der Waals surface area (Å²) in [6, 6.07) is 6.76. The SMILES string of the molecule is CCOC(=O)C([N+](=O)[O-])C(C)(C)C(=O)Nc1ccccc1. The summed E-state index contributed by atoms with van der Waals surface area (Å²) in [7, 11) is 0. The number of anilines is 1. The van der Waals surface area contributed by atoms with E-state index in [1.165, 1.54) is 13.8 Å². The molecule has 1 aromatic carbocycles. The van der Waals surface area contributed by atoms with Crippen LogP contribution in [0.4, 0.5) is 5.69 Å². The lowest BCUT2D eigenvalue weighted by Crippen LogP contribution is -2.50. The molecule has 7 heteroatoms. The van der Waals surface area contributed by atoms with Crippen LogP contribution in [0.2, 0.25) is 0 Å². The second-order valence-electron chi connectivity index (χ2n) is 4.98. The van der Waals surface area contributed by atoms with Gasteiger partial charge in [0.05, 0.1) is 6.61 Å². The molecule has 0 saturated heterocycles. The molecule has 0 heterocycles. The van der Waals surface area contributed by atoms with Crippen LogP contribution in [0.1, 0.15) is 20.8 Å². The summed E-state index contributed by atoms with van der Waals surface area (Å²) in [5.74, 6) is -1.64. The number of benzene rings is 1. The number of para-hydroxylation sites is 1. The van der Waals surface area contributed by atoms with Gasteiger partial charge in [-0.15, -0.1) is 0 Å². The predicted octanol–water partition coefficient (Wildman–Crippen LogP) is 1.86. The van der Waals surface area contributed by atoms with Crippen LogP contribution < -0.4 is 5.32 Å². The van der Waals surface area contributed by atoms with Gasteiger partial charge in [-0.1, -0.05) is 18.2 Å². The van der Waals surface area contributed by atoms with Gasteiger partial charge in [-0.3, -0.25) is 14.9 Å². The maximum Gasteiger partial charge on any atom is 0.382 e. The molecular weight excluding hydrogens is 276 g/mol. The fourth-order valence-electron chi connectivity index (χ4n) is 1.80. The van der Waals surface area contributed by atoms with Crippen LogP contribution in [-0.2, 0) is 14.3 Å². The molecule has 1 aromatic rings. The lowest BCUT2D eigenvalue weighted by atomic mass is 9.83. The topological polar surface area (TPSA) is 98.5 Å². The third kappa shape index (κ3) is 4.01. The van der Waals surface area contributed by atoms with Crippen molar-refractivity contribution in [2.45, 2.75) is 26.8 Å². The Hall–Kier alpha value is -2.44. The summed E-state index contributed by atoms with van der Waals surface area (Å²) in [5.41, 5.74) is -1.05. The van der Waals surface area contributed by atoms with Crippen molar-refractivity contribution < 1.29 is 19.2 Å². The first-order chi connectivity index (χ1) is 9.80. The monoisotopic (exact) mass is 294 g/mol. The molecule has 0 radical (unpaired) electrons. The molecule has 1 unspecified atom stereocenters. The van der Waals surface area contributed by atoms with E-state index in [1.54, 1.807) is 37.3 Å². The van der Waals surface area contributed by atoms with Crippen molar-refractivity contribution in [3.8, 4) is 0 Å². The van der Waals surface area contributed by atoms with Crippen LogP contribution >= 0.6 is 0 Å². The average Bonchev–Trinajstić information content (AvgIpc) is 2.39. The number of esters is 1. The van der Waals surface area contributed by atoms with Gasteiger partial charge < -0.3 is 10.1 Å². The van der Waals surface area contributed by atoms with Crippen molar-refractivity contribution >= 4 is 17.6 Å². The molecular formula is C14H18N2O5. The Morgan fingerprint density at radius 2 is 1.90 bits per heavy atom. The Labute approximate surface area is 122 Å². The van der Waals surface area contributed by atoms with Crippen LogP contribution in [-0.4, -0.2) is 29.4 Å². The Balaban J connectivity index is 2.97. The lowest BCUT2D eigenvalue weighted by Gasteiger charge is -2.25. The van der Waals surface area contributed by atoms with Crippen molar-refractivity contribution in [3.63, 3.8) is 0 Å². The molecule has 21 heavy (non-hydrogen) atoms. The lowest BCUT2D eigenvalue weighted by molar-refractivity contribution is -0.524. The molecule has 7 nitrogen and oxygen atoms in total. The normalized spacial score (nSPS) is 12.3. The highest BCUT2D eigenvalue weighted by Gasteiger charge is 2.51. The summed E-state index contributed by atoms with van der Waals surface area (Å²) in [5, 5.41) is 13.7. The molecule has 0 aromatic heterocycles. The van der Waals surface area contributed by atoms with E-state index in [2.05, 4.69) is 5.32 Å². The van der Waals surface area contributed by atoms with Gasteiger partial charge in [0, 0.05) is 10.6 Å². The zero-order chi connectivity index (χ0) is 16.0. The number of rotatable bonds is 6. The van der Waals surface area contributed by atoms with E-state index < -0.39 is 28.3 Å². The highest BCUT2D eigenvalue weighted by atomic mass is 16.6. The second kappa shape index (κ2) is 6.83. The number of carbonyl (C=O) groups excluding carboxylic acids is 2. The highest BCUT2D eigenvalue weighted by Crippen LogP contribution is 2.26. The number of nitrogens with zero attached hydrogens (tertiary/aromatic N) is 1.